The molecule has 0 amide bonds. The minimum absolute atomic E-state index is 0.209. The van der Waals surface area contributed by atoms with E-state index in [0.29, 0.717) is 39.6 Å². The molecule has 0 bridgehead atoms. The predicted molar refractivity (Wildman–Crippen MR) is 107 cm³/mol. The van der Waals surface area contributed by atoms with Crippen LogP contribution in [0.2, 0.25) is 0 Å². The normalized spacial score (nSPS) is 15.3. The molecule has 1 saturated heterocycles. The SMILES string of the molecule is C/C=C/C(=O)OCCOCCOCCOCCOC(=O)/C=C/N1CCN(C)CC1. The highest BCUT2D eigenvalue weighted by atomic mass is 16.6. The fraction of sp³-hybridized carbons (Fsp3) is 0.700. The first-order valence-corrected chi connectivity index (χ1v) is 9.92. The topological polar surface area (TPSA) is 86.8 Å². The maximum Gasteiger partial charge on any atom is 0.332 e. The fourth-order valence-corrected chi connectivity index (χ4v) is 2.31. The van der Waals surface area contributed by atoms with E-state index in [4.69, 9.17) is 23.7 Å². The van der Waals surface area contributed by atoms with Crippen LogP contribution >= 0.6 is 0 Å². The highest BCUT2D eigenvalue weighted by Gasteiger charge is 2.10. The maximum absolute atomic E-state index is 11.6. The molecule has 0 spiro atoms. The van der Waals surface area contributed by atoms with Gasteiger partial charge in [-0.05, 0) is 14.0 Å². The van der Waals surface area contributed by atoms with Crippen LogP contribution in [0.25, 0.3) is 0 Å². The lowest BCUT2D eigenvalue weighted by Gasteiger charge is -2.31. The van der Waals surface area contributed by atoms with Crippen LogP contribution < -0.4 is 0 Å². The van der Waals surface area contributed by atoms with E-state index < -0.39 is 0 Å². The van der Waals surface area contributed by atoms with Crippen molar-refractivity contribution in [1.82, 2.24) is 9.80 Å². The summed E-state index contributed by atoms with van der Waals surface area (Å²) in [7, 11) is 2.09. The van der Waals surface area contributed by atoms with E-state index in [1.807, 2.05) is 0 Å². The second-order valence-corrected chi connectivity index (χ2v) is 6.33. The minimum atomic E-state index is -0.374. The number of carbonyl (C=O) groups excluding carboxylic acids is 2. The summed E-state index contributed by atoms with van der Waals surface area (Å²) in [6.45, 7) is 8.33. The summed E-state index contributed by atoms with van der Waals surface area (Å²) >= 11 is 0. The number of nitrogens with zero attached hydrogens (tertiary/aromatic N) is 2. The van der Waals surface area contributed by atoms with Gasteiger partial charge in [0.15, 0.2) is 0 Å². The Morgan fingerprint density at radius 3 is 1.66 bits per heavy atom. The molecule has 9 heteroatoms. The van der Waals surface area contributed by atoms with Crippen LogP contribution in [0.3, 0.4) is 0 Å². The summed E-state index contributed by atoms with van der Waals surface area (Å²) in [4.78, 5) is 27.0. The zero-order chi connectivity index (χ0) is 21.2. The second-order valence-electron chi connectivity index (χ2n) is 6.33. The van der Waals surface area contributed by atoms with Crippen molar-refractivity contribution in [3.63, 3.8) is 0 Å². The third kappa shape index (κ3) is 14.7. The molecule has 0 saturated carbocycles. The first-order chi connectivity index (χ1) is 14.1. The van der Waals surface area contributed by atoms with Gasteiger partial charge in [-0.3, -0.25) is 0 Å². The quantitative estimate of drug-likeness (QED) is 0.215. The number of rotatable bonds is 15. The molecular formula is C20H34N2O7. The van der Waals surface area contributed by atoms with Crippen LogP contribution in [-0.2, 0) is 33.3 Å². The van der Waals surface area contributed by atoms with Crippen molar-refractivity contribution in [2.75, 3.05) is 86.1 Å². The molecule has 0 aromatic heterocycles. The van der Waals surface area contributed by atoms with Gasteiger partial charge in [0.25, 0.3) is 0 Å². The van der Waals surface area contributed by atoms with E-state index in [2.05, 4.69) is 16.8 Å². The highest BCUT2D eigenvalue weighted by molar-refractivity contribution is 5.82. The molecular weight excluding hydrogens is 380 g/mol. The summed E-state index contributed by atoms with van der Waals surface area (Å²) < 4.78 is 25.9. The lowest BCUT2D eigenvalue weighted by atomic mass is 10.3. The van der Waals surface area contributed by atoms with Gasteiger partial charge in [0.05, 0.1) is 39.6 Å². The van der Waals surface area contributed by atoms with E-state index >= 15 is 0 Å². The lowest BCUT2D eigenvalue weighted by molar-refractivity contribution is -0.140. The number of likely N-dealkylation sites (N-methyl/N-ethyl adjacent to an activating group) is 1. The Morgan fingerprint density at radius 2 is 1.17 bits per heavy atom. The average Bonchev–Trinajstić information content (AvgIpc) is 2.71. The van der Waals surface area contributed by atoms with Crippen LogP contribution in [0.15, 0.2) is 24.4 Å². The van der Waals surface area contributed by atoms with Gasteiger partial charge in [-0.2, -0.15) is 0 Å². The van der Waals surface area contributed by atoms with Crippen molar-refractivity contribution in [2.24, 2.45) is 0 Å². The zero-order valence-electron chi connectivity index (χ0n) is 17.5. The van der Waals surface area contributed by atoms with Crippen LogP contribution in [0.1, 0.15) is 6.92 Å². The van der Waals surface area contributed by atoms with Crippen LogP contribution in [0.5, 0.6) is 0 Å². The molecule has 0 unspecified atom stereocenters. The van der Waals surface area contributed by atoms with E-state index in [9.17, 15) is 9.59 Å². The Balaban J connectivity index is 1.82. The van der Waals surface area contributed by atoms with Gasteiger partial charge in [-0.15, -0.1) is 0 Å². The van der Waals surface area contributed by atoms with E-state index in [1.165, 1.54) is 12.2 Å². The van der Waals surface area contributed by atoms with Crippen molar-refractivity contribution in [3.8, 4) is 0 Å². The predicted octanol–water partition coefficient (Wildman–Crippen LogP) is 0.460. The summed E-state index contributed by atoms with van der Waals surface area (Å²) in [5.74, 6) is -0.737. The molecule has 1 rings (SSSR count). The first-order valence-electron chi connectivity index (χ1n) is 9.92. The number of hydrogen-bond donors (Lipinski definition) is 0. The number of ether oxygens (including phenoxy) is 5. The van der Waals surface area contributed by atoms with E-state index in [0.717, 1.165) is 26.2 Å². The Kier molecular flexibility index (Phi) is 14.7. The Labute approximate surface area is 173 Å². The largest absolute Gasteiger partial charge is 0.460 e. The molecule has 1 heterocycles. The van der Waals surface area contributed by atoms with Gasteiger partial charge < -0.3 is 33.5 Å². The average molecular weight is 414 g/mol. The molecule has 0 radical (unpaired) electrons. The molecule has 29 heavy (non-hydrogen) atoms. The third-order valence-electron chi connectivity index (χ3n) is 3.95. The van der Waals surface area contributed by atoms with Gasteiger partial charge in [0.2, 0.25) is 0 Å². The maximum atomic E-state index is 11.6. The molecule has 0 aliphatic carbocycles. The molecule has 0 N–H and O–H groups in total. The van der Waals surface area contributed by atoms with Crippen molar-refractivity contribution < 1.29 is 33.3 Å². The fourth-order valence-electron chi connectivity index (χ4n) is 2.31. The van der Waals surface area contributed by atoms with Gasteiger partial charge in [0, 0.05) is 44.5 Å². The molecule has 0 aromatic rings. The zero-order valence-corrected chi connectivity index (χ0v) is 17.5. The van der Waals surface area contributed by atoms with Crippen LogP contribution in [0.4, 0.5) is 0 Å². The second kappa shape index (κ2) is 17.0. The molecule has 1 aliphatic heterocycles. The van der Waals surface area contributed by atoms with Crippen LogP contribution in [-0.4, -0.2) is 108 Å². The summed E-state index contributed by atoms with van der Waals surface area (Å²) in [6.07, 6.45) is 6.22. The molecule has 166 valence electrons. The molecule has 1 aliphatic rings. The van der Waals surface area contributed by atoms with E-state index in [-0.39, 0.29) is 25.2 Å². The summed E-state index contributed by atoms with van der Waals surface area (Å²) in [6, 6.07) is 0. The standard InChI is InChI=1S/C20H34N2O7/c1-3-4-19(23)28-17-15-26-13-11-25-12-14-27-16-18-29-20(24)5-6-22-9-7-21(2)8-10-22/h3-6H,7-18H2,1-2H3/b4-3+,6-5+. The number of allylic oxidation sites excluding steroid dienone is 1. The third-order valence-corrected chi connectivity index (χ3v) is 3.95. The van der Waals surface area contributed by atoms with E-state index in [1.54, 1.807) is 19.2 Å². The Bertz CT molecular complexity index is 503. The van der Waals surface area contributed by atoms with Gasteiger partial charge in [0.1, 0.15) is 13.2 Å². The summed E-state index contributed by atoms with van der Waals surface area (Å²) in [5, 5.41) is 0. The lowest BCUT2D eigenvalue weighted by Crippen LogP contribution is -2.41. The van der Waals surface area contributed by atoms with Crippen molar-refractivity contribution in [2.45, 2.75) is 6.92 Å². The Hall–Kier alpha value is -1.94. The molecule has 9 nitrogen and oxygen atoms in total. The number of esters is 2. The van der Waals surface area contributed by atoms with Crippen LogP contribution in [0, 0.1) is 0 Å². The smallest absolute Gasteiger partial charge is 0.332 e. The van der Waals surface area contributed by atoms with Crippen molar-refractivity contribution in [1.29, 1.82) is 0 Å². The van der Waals surface area contributed by atoms with Crippen molar-refractivity contribution in [3.05, 3.63) is 24.4 Å². The molecule has 0 atom stereocenters. The molecule has 0 aromatic carbocycles. The summed E-state index contributed by atoms with van der Waals surface area (Å²) in [5.41, 5.74) is 0. The Morgan fingerprint density at radius 1 is 0.724 bits per heavy atom. The number of hydrogen-bond acceptors (Lipinski definition) is 9. The number of piperazine rings is 1. The highest BCUT2D eigenvalue weighted by Crippen LogP contribution is 1.99. The van der Waals surface area contributed by atoms with Gasteiger partial charge in [-0.1, -0.05) is 6.08 Å². The number of carbonyl (C=O) groups is 2. The van der Waals surface area contributed by atoms with Gasteiger partial charge >= 0.3 is 11.9 Å². The monoisotopic (exact) mass is 414 g/mol. The van der Waals surface area contributed by atoms with Gasteiger partial charge in [-0.25, -0.2) is 9.59 Å². The minimum Gasteiger partial charge on any atom is -0.460 e. The molecule has 1 fully saturated rings. The first kappa shape index (κ1) is 25.1. The van der Waals surface area contributed by atoms with Crippen molar-refractivity contribution >= 4 is 11.9 Å².